The zero-order valence-corrected chi connectivity index (χ0v) is 21.3. The summed E-state index contributed by atoms with van der Waals surface area (Å²) in [5.74, 6) is 1.20. The summed E-state index contributed by atoms with van der Waals surface area (Å²) in [6, 6.07) is 9.26. The summed E-state index contributed by atoms with van der Waals surface area (Å²) in [6.45, 7) is 1.90. The molecule has 10 heteroatoms. The topological polar surface area (TPSA) is 108 Å². The largest absolute Gasteiger partial charge is 0.493 e. The fourth-order valence-electron chi connectivity index (χ4n) is 3.91. The molecule has 37 heavy (non-hydrogen) atoms. The van der Waals surface area contributed by atoms with Crippen molar-refractivity contribution < 1.29 is 47.5 Å². The van der Waals surface area contributed by atoms with E-state index in [4.69, 9.17) is 37.9 Å². The van der Waals surface area contributed by atoms with Crippen LogP contribution in [0.25, 0.3) is 0 Å². The van der Waals surface area contributed by atoms with E-state index in [1.165, 1.54) is 59.8 Å². The van der Waals surface area contributed by atoms with Gasteiger partial charge >= 0.3 is 5.97 Å². The number of fused-ring (bicyclic) bond motifs is 1. The van der Waals surface area contributed by atoms with Crippen molar-refractivity contribution in [3.63, 3.8) is 0 Å². The molecule has 0 aromatic heterocycles. The van der Waals surface area contributed by atoms with Gasteiger partial charge in [0.05, 0.1) is 41.1 Å². The Bertz CT molecular complexity index is 1310. The van der Waals surface area contributed by atoms with E-state index in [2.05, 4.69) is 0 Å². The SMILES string of the molecule is COc1cc(C(=O)Oc2c(OC)cc(C(=O)c3cc4c(cc3C)OCO4)cc2OC)cc(OC)c1OC. The predicted octanol–water partition coefficient (Wildman–Crippen LogP) is 4.22. The second-order valence-corrected chi connectivity index (χ2v) is 7.86. The van der Waals surface area contributed by atoms with Gasteiger partial charge in [-0.3, -0.25) is 4.79 Å². The van der Waals surface area contributed by atoms with Crippen molar-refractivity contribution in [3.8, 4) is 46.0 Å². The first-order valence-electron chi connectivity index (χ1n) is 11.1. The number of ether oxygens (including phenoxy) is 8. The van der Waals surface area contributed by atoms with Crippen molar-refractivity contribution >= 4 is 11.8 Å². The van der Waals surface area contributed by atoms with Gasteiger partial charge in [-0.05, 0) is 48.9 Å². The van der Waals surface area contributed by atoms with Crippen LogP contribution in [0.1, 0.15) is 31.8 Å². The van der Waals surface area contributed by atoms with Crippen LogP contribution in [0.2, 0.25) is 0 Å². The predicted molar refractivity (Wildman–Crippen MR) is 131 cm³/mol. The molecule has 0 N–H and O–H groups in total. The number of carbonyl (C=O) groups excluding carboxylic acids is 2. The van der Waals surface area contributed by atoms with Crippen LogP contribution >= 0.6 is 0 Å². The van der Waals surface area contributed by atoms with Crippen LogP contribution in [-0.4, -0.2) is 54.1 Å². The molecule has 0 spiro atoms. The Morgan fingerprint density at radius 2 is 1.14 bits per heavy atom. The molecule has 1 aliphatic heterocycles. The maximum atomic E-state index is 13.4. The van der Waals surface area contributed by atoms with Crippen LogP contribution < -0.4 is 37.9 Å². The highest BCUT2D eigenvalue weighted by Crippen LogP contribution is 2.42. The van der Waals surface area contributed by atoms with Gasteiger partial charge in [-0.15, -0.1) is 0 Å². The zero-order chi connectivity index (χ0) is 26.7. The lowest BCUT2D eigenvalue weighted by atomic mass is 9.97. The minimum Gasteiger partial charge on any atom is -0.493 e. The summed E-state index contributed by atoms with van der Waals surface area (Å²) < 4.78 is 43.3. The fraction of sp³-hybridized carbons (Fsp3) is 0.259. The molecule has 0 radical (unpaired) electrons. The summed E-state index contributed by atoms with van der Waals surface area (Å²) in [4.78, 5) is 26.5. The highest BCUT2D eigenvalue weighted by molar-refractivity contribution is 6.11. The average molecular weight is 510 g/mol. The van der Waals surface area contributed by atoms with Gasteiger partial charge in [-0.1, -0.05) is 0 Å². The second-order valence-electron chi connectivity index (χ2n) is 7.86. The van der Waals surface area contributed by atoms with E-state index in [-0.39, 0.29) is 52.5 Å². The molecular formula is C27H26O10. The lowest BCUT2D eigenvalue weighted by molar-refractivity contribution is 0.0723. The fourth-order valence-corrected chi connectivity index (χ4v) is 3.91. The minimum absolute atomic E-state index is 0.00251. The van der Waals surface area contributed by atoms with E-state index >= 15 is 0 Å². The van der Waals surface area contributed by atoms with Crippen LogP contribution in [0.3, 0.4) is 0 Å². The van der Waals surface area contributed by atoms with E-state index in [1.807, 2.05) is 0 Å². The monoisotopic (exact) mass is 510 g/mol. The molecule has 0 saturated heterocycles. The van der Waals surface area contributed by atoms with Gasteiger partial charge in [0.1, 0.15) is 0 Å². The van der Waals surface area contributed by atoms with Crippen molar-refractivity contribution in [2.45, 2.75) is 6.92 Å². The number of ketones is 1. The maximum absolute atomic E-state index is 13.4. The molecule has 0 bridgehead atoms. The molecule has 4 rings (SSSR count). The first-order chi connectivity index (χ1) is 17.8. The van der Waals surface area contributed by atoms with E-state index < -0.39 is 5.97 Å². The van der Waals surface area contributed by atoms with E-state index in [0.29, 0.717) is 28.4 Å². The van der Waals surface area contributed by atoms with E-state index in [1.54, 1.807) is 19.1 Å². The Morgan fingerprint density at radius 1 is 0.649 bits per heavy atom. The van der Waals surface area contributed by atoms with Gasteiger partial charge < -0.3 is 37.9 Å². The summed E-state index contributed by atoms with van der Waals surface area (Å²) in [7, 11) is 7.13. The highest BCUT2D eigenvalue weighted by atomic mass is 16.7. The summed E-state index contributed by atoms with van der Waals surface area (Å²) in [5, 5.41) is 0. The molecule has 0 unspecified atom stereocenters. The number of benzene rings is 3. The summed E-state index contributed by atoms with van der Waals surface area (Å²) in [5.41, 5.74) is 1.54. The average Bonchev–Trinajstić information content (AvgIpc) is 3.38. The Kier molecular flexibility index (Phi) is 7.28. The maximum Gasteiger partial charge on any atom is 0.344 e. The van der Waals surface area contributed by atoms with Crippen molar-refractivity contribution in [1.82, 2.24) is 0 Å². The minimum atomic E-state index is -0.735. The Balaban J connectivity index is 1.70. The van der Waals surface area contributed by atoms with Crippen LogP contribution in [0.4, 0.5) is 0 Å². The van der Waals surface area contributed by atoms with E-state index in [0.717, 1.165) is 0 Å². The van der Waals surface area contributed by atoms with Gasteiger partial charge in [-0.25, -0.2) is 4.79 Å². The van der Waals surface area contributed by atoms with Crippen LogP contribution in [0, 0.1) is 6.92 Å². The first-order valence-corrected chi connectivity index (χ1v) is 11.1. The molecule has 0 aliphatic carbocycles. The van der Waals surface area contributed by atoms with Gasteiger partial charge in [-0.2, -0.15) is 0 Å². The van der Waals surface area contributed by atoms with Crippen molar-refractivity contribution in [2.24, 2.45) is 0 Å². The first kappa shape index (κ1) is 25.5. The number of rotatable bonds is 9. The molecule has 1 heterocycles. The molecular weight excluding hydrogens is 484 g/mol. The molecule has 0 saturated carbocycles. The summed E-state index contributed by atoms with van der Waals surface area (Å²) in [6.07, 6.45) is 0. The smallest absolute Gasteiger partial charge is 0.344 e. The van der Waals surface area contributed by atoms with Crippen molar-refractivity contribution in [1.29, 1.82) is 0 Å². The molecule has 0 atom stereocenters. The normalized spacial score (nSPS) is 11.5. The quantitative estimate of drug-likeness (QED) is 0.236. The standard InChI is InChI=1S/C27H26O10/c1-14-7-18-19(36-13-35-18)12-17(14)24(28)15-8-22(32-4)26(23(9-15)33-5)37-27(29)16-10-20(30-2)25(34-6)21(11-16)31-3/h7-12H,13H2,1-6H3. The molecule has 0 fully saturated rings. The lowest BCUT2D eigenvalue weighted by Gasteiger charge is -2.17. The number of aryl methyl sites for hydroxylation is 1. The van der Waals surface area contributed by atoms with Crippen LogP contribution in [-0.2, 0) is 0 Å². The third kappa shape index (κ3) is 4.77. The third-order valence-electron chi connectivity index (χ3n) is 5.78. The Labute approximate surface area is 213 Å². The lowest BCUT2D eigenvalue weighted by Crippen LogP contribution is -2.12. The van der Waals surface area contributed by atoms with Gasteiger partial charge in [0.15, 0.2) is 40.3 Å². The number of hydrogen-bond donors (Lipinski definition) is 0. The van der Waals surface area contributed by atoms with Crippen LogP contribution in [0.15, 0.2) is 36.4 Å². The van der Waals surface area contributed by atoms with Gasteiger partial charge in [0.25, 0.3) is 0 Å². The van der Waals surface area contributed by atoms with E-state index in [9.17, 15) is 9.59 Å². The molecule has 194 valence electrons. The molecule has 3 aromatic rings. The molecule has 1 aliphatic rings. The van der Waals surface area contributed by atoms with Crippen LogP contribution in [0.5, 0.6) is 46.0 Å². The second kappa shape index (κ2) is 10.6. The molecule has 3 aromatic carbocycles. The number of methoxy groups -OCH3 is 5. The number of esters is 1. The van der Waals surface area contributed by atoms with Gasteiger partial charge in [0, 0.05) is 11.1 Å². The highest BCUT2D eigenvalue weighted by Gasteiger charge is 2.25. The number of carbonyl (C=O) groups is 2. The van der Waals surface area contributed by atoms with Crippen molar-refractivity contribution in [2.75, 3.05) is 42.3 Å². The Hall–Kier alpha value is -4.60. The number of hydrogen-bond acceptors (Lipinski definition) is 10. The zero-order valence-electron chi connectivity index (χ0n) is 21.3. The Morgan fingerprint density at radius 3 is 1.65 bits per heavy atom. The van der Waals surface area contributed by atoms with Crippen molar-refractivity contribution in [3.05, 3.63) is 58.7 Å². The molecule has 0 amide bonds. The summed E-state index contributed by atoms with van der Waals surface area (Å²) >= 11 is 0. The third-order valence-corrected chi connectivity index (χ3v) is 5.78. The van der Waals surface area contributed by atoms with Gasteiger partial charge in [0.2, 0.25) is 18.3 Å². The molecule has 10 nitrogen and oxygen atoms in total.